The van der Waals surface area contributed by atoms with Crippen LogP contribution in [0.15, 0.2) is 30.3 Å². The van der Waals surface area contributed by atoms with Crippen molar-refractivity contribution in [3.8, 4) is 0 Å². The maximum atomic E-state index is 13.7. The number of aryl methyl sites for hydroxylation is 3. The number of hydrogen-bond acceptors (Lipinski definition) is 4. The largest absolute Gasteiger partial charge is 0.340 e. The maximum Gasteiger partial charge on any atom is 0.222 e. The summed E-state index contributed by atoms with van der Waals surface area (Å²) < 4.78 is 13.7. The first-order chi connectivity index (χ1) is 19.0. The highest BCUT2D eigenvalue weighted by atomic mass is 19.1. The molecule has 1 aromatic carbocycles. The Kier molecular flexibility index (Phi) is 11.1. The molecule has 1 saturated heterocycles. The molecule has 2 N–H and O–H groups in total. The minimum absolute atomic E-state index is 0.153. The van der Waals surface area contributed by atoms with Crippen LogP contribution in [0.25, 0.3) is 0 Å². The molecule has 2 aliphatic rings. The molecule has 1 aliphatic carbocycles. The van der Waals surface area contributed by atoms with Crippen LogP contribution in [0, 0.1) is 12.7 Å². The van der Waals surface area contributed by atoms with E-state index in [9.17, 15) is 14.0 Å². The Bertz CT molecular complexity index is 1110. The SMILES string of the molecule is Cc1cc(C(=O)CCC[C@H]2CCCN2C(=O)CCCN)c(CCCc2cccc(F)c2)nc1C1CCCCC1. The molecule has 1 aliphatic heterocycles. The van der Waals surface area contributed by atoms with E-state index in [0.29, 0.717) is 31.7 Å². The summed E-state index contributed by atoms with van der Waals surface area (Å²) in [5.41, 5.74) is 10.5. The number of amides is 1. The molecule has 0 radical (unpaired) electrons. The third kappa shape index (κ3) is 8.20. The van der Waals surface area contributed by atoms with Crippen molar-refractivity contribution >= 4 is 11.7 Å². The number of halogens is 1. The van der Waals surface area contributed by atoms with Crippen LogP contribution < -0.4 is 5.73 Å². The second kappa shape index (κ2) is 14.7. The van der Waals surface area contributed by atoms with Crippen LogP contribution in [-0.4, -0.2) is 40.7 Å². The van der Waals surface area contributed by atoms with E-state index in [1.807, 2.05) is 11.0 Å². The highest BCUT2D eigenvalue weighted by Gasteiger charge is 2.28. The molecule has 0 unspecified atom stereocenters. The summed E-state index contributed by atoms with van der Waals surface area (Å²) in [6.07, 6.45) is 13.8. The molecule has 4 rings (SSSR count). The van der Waals surface area contributed by atoms with Crippen molar-refractivity contribution in [3.63, 3.8) is 0 Å². The third-order valence-electron chi connectivity index (χ3n) is 8.62. The van der Waals surface area contributed by atoms with Crippen LogP contribution in [-0.2, 0) is 17.6 Å². The number of rotatable bonds is 13. The zero-order chi connectivity index (χ0) is 27.6. The Morgan fingerprint density at radius 2 is 1.82 bits per heavy atom. The smallest absolute Gasteiger partial charge is 0.222 e. The summed E-state index contributed by atoms with van der Waals surface area (Å²) in [4.78, 5) is 33.3. The highest BCUT2D eigenvalue weighted by Crippen LogP contribution is 2.34. The van der Waals surface area contributed by atoms with Crippen molar-refractivity contribution < 1.29 is 14.0 Å². The standard InChI is InChI=1S/C33H46FN3O2/c1-24-22-29(31(38)18-7-15-28-16-9-21-37(28)32(39)19-8-20-35)30(36-33(24)26-12-3-2-4-13-26)17-6-11-25-10-5-14-27(34)23-25/h5,10,14,22-23,26,28H,2-4,6-9,11-13,15-21,35H2,1H3/t28-/m0/s1. The minimum atomic E-state index is -0.210. The van der Waals surface area contributed by atoms with Gasteiger partial charge in [0.1, 0.15) is 5.82 Å². The van der Waals surface area contributed by atoms with Crippen molar-refractivity contribution in [2.75, 3.05) is 13.1 Å². The first-order valence-electron chi connectivity index (χ1n) is 15.2. The lowest BCUT2D eigenvalue weighted by molar-refractivity contribution is -0.132. The number of likely N-dealkylation sites (tertiary alicyclic amines) is 1. The van der Waals surface area contributed by atoms with E-state index in [0.717, 1.165) is 73.9 Å². The second-order valence-corrected chi connectivity index (χ2v) is 11.6. The van der Waals surface area contributed by atoms with Gasteiger partial charge in [0, 0.05) is 42.6 Å². The summed E-state index contributed by atoms with van der Waals surface area (Å²) in [5.74, 6) is 0.627. The van der Waals surface area contributed by atoms with E-state index >= 15 is 0 Å². The quantitative estimate of drug-likeness (QED) is 0.285. The summed E-state index contributed by atoms with van der Waals surface area (Å²) >= 11 is 0. The molecule has 39 heavy (non-hydrogen) atoms. The first-order valence-corrected chi connectivity index (χ1v) is 15.2. The van der Waals surface area contributed by atoms with Gasteiger partial charge in [-0.1, -0.05) is 31.4 Å². The maximum absolute atomic E-state index is 13.7. The fraction of sp³-hybridized carbons (Fsp3) is 0.606. The number of benzene rings is 1. The lowest BCUT2D eigenvalue weighted by Crippen LogP contribution is -2.35. The molecule has 0 bridgehead atoms. The lowest BCUT2D eigenvalue weighted by Gasteiger charge is -2.25. The molecule has 1 atom stereocenters. The van der Waals surface area contributed by atoms with Crippen molar-refractivity contribution in [1.29, 1.82) is 0 Å². The Morgan fingerprint density at radius 1 is 1.00 bits per heavy atom. The summed E-state index contributed by atoms with van der Waals surface area (Å²) in [6, 6.07) is 9.10. The second-order valence-electron chi connectivity index (χ2n) is 11.6. The van der Waals surface area contributed by atoms with Crippen LogP contribution in [0.1, 0.15) is 122 Å². The molecule has 2 heterocycles. The predicted molar refractivity (Wildman–Crippen MR) is 154 cm³/mol. The Balaban J connectivity index is 1.42. The van der Waals surface area contributed by atoms with Gasteiger partial charge in [-0.05, 0) is 107 Å². The summed E-state index contributed by atoms with van der Waals surface area (Å²) in [5, 5.41) is 0. The van der Waals surface area contributed by atoms with Gasteiger partial charge >= 0.3 is 0 Å². The minimum Gasteiger partial charge on any atom is -0.340 e. The number of nitrogens with zero attached hydrogens (tertiary/aromatic N) is 2. The molecule has 212 valence electrons. The normalized spacial score (nSPS) is 18.0. The van der Waals surface area contributed by atoms with Crippen LogP contribution in [0.3, 0.4) is 0 Å². The van der Waals surface area contributed by atoms with Gasteiger partial charge < -0.3 is 10.6 Å². The van der Waals surface area contributed by atoms with Crippen molar-refractivity contribution in [3.05, 3.63) is 64.2 Å². The number of nitrogens with two attached hydrogens (primary N) is 1. The first kappa shape index (κ1) is 29.4. The number of Topliss-reactive ketones (excluding diaryl/α,β-unsaturated/α-hetero) is 1. The third-order valence-corrected chi connectivity index (χ3v) is 8.62. The number of aromatic nitrogens is 1. The fourth-order valence-corrected chi connectivity index (χ4v) is 6.54. The van der Waals surface area contributed by atoms with Crippen LogP contribution in [0.5, 0.6) is 0 Å². The summed E-state index contributed by atoms with van der Waals surface area (Å²) in [6.45, 7) is 3.47. The average molecular weight is 536 g/mol. The van der Waals surface area contributed by atoms with Gasteiger partial charge in [0.25, 0.3) is 0 Å². The Hall–Kier alpha value is -2.60. The van der Waals surface area contributed by atoms with E-state index in [4.69, 9.17) is 10.7 Å². The van der Waals surface area contributed by atoms with Gasteiger partial charge in [-0.15, -0.1) is 0 Å². The van der Waals surface area contributed by atoms with Crippen molar-refractivity contribution in [2.45, 2.75) is 115 Å². The molecule has 1 aromatic heterocycles. The number of hydrogen-bond donors (Lipinski definition) is 1. The Morgan fingerprint density at radius 3 is 2.59 bits per heavy atom. The van der Waals surface area contributed by atoms with Gasteiger partial charge in [0.15, 0.2) is 5.78 Å². The molecular weight excluding hydrogens is 489 g/mol. The molecule has 0 spiro atoms. The number of pyridine rings is 1. The number of ketones is 1. The number of carbonyl (C=O) groups is 2. The van der Waals surface area contributed by atoms with Crippen LogP contribution in [0.2, 0.25) is 0 Å². The lowest BCUT2D eigenvalue weighted by atomic mass is 9.84. The molecule has 5 nitrogen and oxygen atoms in total. The number of carbonyl (C=O) groups excluding carboxylic acids is 2. The molecule has 1 amide bonds. The van der Waals surface area contributed by atoms with Gasteiger partial charge in [0.2, 0.25) is 5.91 Å². The van der Waals surface area contributed by atoms with E-state index in [1.165, 1.54) is 43.9 Å². The summed E-state index contributed by atoms with van der Waals surface area (Å²) in [7, 11) is 0. The average Bonchev–Trinajstić information content (AvgIpc) is 3.41. The molecular formula is C33H46FN3O2. The highest BCUT2D eigenvalue weighted by molar-refractivity contribution is 5.97. The predicted octanol–water partition coefficient (Wildman–Crippen LogP) is 6.84. The van der Waals surface area contributed by atoms with Gasteiger partial charge in [0.05, 0.1) is 5.69 Å². The van der Waals surface area contributed by atoms with Crippen LogP contribution >= 0.6 is 0 Å². The fourth-order valence-electron chi connectivity index (χ4n) is 6.54. The van der Waals surface area contributed by atoms with E-state index < -0.39 is 0 Å². The van der Waals surface area contributed by atoms with Crippen molar-refractivity contribution in [1.82, 2.24) is 9.88 Å². The van der Waals surface area contributed by atoms with Crippen LogP contribution in [0.4, 0.5) is 4.39 Å². The molecule has 2 fully saturated rings. The molecule has 6 heteroatoms. The van der Waals surface area contributed by atoms with E-state index in [1.54, 1.807) is 12.1 Å². The zero-order valence-electron chi connectivity index (χ0n) is 23.7. The zero-order valence-corrected chi connectivity index (χ0v) is 23.7. The topological polar surface area (TPSA) is 76.3 Å². The Labute approximate surface area is 233 Å². The van der Waals surface area contributed by atoms with Gasteiger partial charge in [-0.3, -0.25) is 14.6 Å². The molecule has 2 aromatic rings. The molecule has 1 saturated carbocycles. The van der Waals surface area contributed by atoms with Gasteiger partial charge in [-0.2, -0.15) is 0 Å². The van der Waals surface area contributed by atoms with Crippen molar-refractivity contribution in [2.24, 2.45) is 5.73 Å². The van der Waals surface area contributed by atoms with E-state index in [-0.39, 0.29) is 23.5 Å². The monoisotopic (exact) mass is 535 g/mol. The van der Waals surface area contributed by atoms with E-state index in [2.05, 4.69) is 13.0 Å². The van der Waals surface area contributed by atoms with Gasteiger partial charge in [-0.25, -0.2) is 4.39 Å².